The van der Waals surface area contributed by atoms with E-state index >= 15 is 0 Å². The standard InChI is InChI=1S/C17H18F2N2O2/c1-9-15(11(3)22)10(2)21-16(9)17(23)20-5-4-12-6-13(18)8-14(19)7-12/h6-8,21H,4-5H2,1-3H3,(H,20,23). The van der Waals surface area contributed by atoms with Crippen LogP contribution in [0.4, 0.5) is 8.78 Å². The number of Topliss-reactive ketones (excluding diaryl/α,β-unsaturated/α-hetero) is 1. The molecule has 0 spiro atoms. The van der Waals surface area contributed by atoms with E-state index in [4.69, 9.17) is 0 Å². The van der Waals surface area contributed by atoms with Crippen LogP contribution >= 0.6 is 0 Å². The summed E-state index contributed by atoms with van der Waals surface area (Å²) in [5.41, 5.74) is 2.56. The number of nitrogens with one attached hydrogen (secondary N) is 2. The van der Waals surface area contributed by atoms with Crippen LogP contribution in [0.25, 0.3) is 0 Å². The summed E-state index contributed by atoms with van der Waals surface area (Å²) in [6.07, 6.45) is 0.304. The molecule has 0 aliphatic carbocycles. The maximum atomic E-state index is 13.1. The first-order chi connectivity index (χ1) is 10.8. The Morgan fingerprint density at radius 3 is 2.26 bits per heavy atom. The molecule has 0 unspecified atom stereocenters. The lowest BCUT2D eigenvalue weighted by Gasteiger charge is -2.06. The number of benzene rings is 1. The van der Waals surface area contributed by atoms with Crippen LogP contribution in [-0.4, -0.2) is 23.2 Å². The average Bonchev–Trinajstić information content (AvgIpc) is 2.72. The Labute approximate surface area is 132 Å². The van der Waals surface area contributed by atoms with Crippen LogP contribution in [0.2, 0.25) is 0 Å². The van der Waals surface area contributed by atoms with Gasteiger partial charge in [-0.1, -0.05) is 0 Å². The first kappa shape index (κ1) is 16.9. The molecule has 1 aromatic carbocycles. The van der Waals surface area contributed by atoms with Crippen molar-refractivity contribution in [3.05, 3.63) is 57.9 Å². The van der Waals surface area contributed by atoms with Gasteiger partial charge in [0.15, 0.2) is 5.78 Å². The van der Waals surface area contributed by atoms with Crippen molar-refractivity contribution >= 4 is 11.7 Å². The third-order valence-electron chi connectivity index (χ3n) is 3.64. The molecule has 2 N–H and O–H groups in total. The Morgan fingerprint density at radius 2 is 1.74 bits per heavy atom. The summed E-state index contributed by atoms with van der Waals surface area (Å²) in [5, 5.41) is 2.68. The lowest BCUT2D eigenvalue weighted by molar-refractivity contribution is 0.0949. The second-order valence-electron chi connectivity index (χ2n) is 5.46. The van der Waals surface area contributed by atoms with E-state index in [1.165, 1.54) is 19.1 Å². The van der Waals surface area contributed by atoms with Crippen molar-refractivity contribution in [2.75, 3.05) is 6.54 Å². The number of ketones is 1. The zero-order valence-electron chi connectivity index (χ0n) is 13.2. The monoisotopic (exact) mass is 320 g/mol. The molecule has 0 radical (unpaired) electrons. The molecule has 1 amide bonds. The molecule has 0 saturated heterocycles. The summed E-state index contributed by atoms with van der Waals surface area (Å²) in [7, 11) is 0. The Morgan fingerprint density at radius 1 is 1.13 bits per heavy atom. The van der Waals surface area contributed by atoms with Gasteiger partial charge in [-0.2, -0.15) is 0 Å². The summed E-state index contributed by atoms with van der Waals surface area (Å²) in [6.45, 7) is 5.12. The van der Waals surface area contributed by atoms with Gasteiger partial charge in [0.05, 0.1) is 0 Å². The molecular formula is C17H18F2N2O2. The molecular weight excluding hydrogens is 302 g/mol. The second-order valence-corrected chi connectivity index (χ2v) is 5.46. The maximum absolute atomic E-state index is 13.1. The van der Waals surface area contributed by atoms with Crippen LogP contribution < -0.4 is 5.32 Å². The number of H-pyrrole nitrogens is 1. The predicted molar refractivity (Wildman–Crippen MR) is 82.7 cm³/mol. The van der Waals surface area contributed by atoms with Crippen molar-refractivity contribution in [3.8, 4) is 0 Å². The van der Waals surface area contributed by atoms with Crippen LogP contribution in [-0.2, 0) is 6.42 Å². The Bertz CT molecular complexity index is 746. The van der Waals surface area contributed by atoms with Gasteiger partial charge in [0.1, 0.15) is 17.3 Å². The number of rotatable bonds is 5. The minimum Gasteiger partial charge on any atom is -0.354 e. The highest BCUT2D eigenvalue weighted by Crippen LogP contribution is 2.18. The van der Waals surface area contributed by atoms with Crippen molar-refractivity contribution in [1.82, 2.24) is 10.3 Å². The van der Waals surface area contributed by atoms with E-state index < -0.39 is 11.6 Å². The van der Waals surface area contributed by atoms with E-state index in [-0.39, 0.29) is 18.2 Å². The summed E-state index contributed by atoms with van der Waals surface area (Å²) in [4.78, 5) is 26.6. The lowest BCUT2D eigenvalue weighted by atomic mass is 10.1. The first-order valence-corrected chi connectivity index (χ1v) is 7.23. The van der Waals surface area contributed by atoms with E-state index in [0.29, 0.717) is 34.5 Å². The molecule has 2 rings (SSSR count). The largest absolute Gasteiger partial charge is 0.354 e. The molecule has 0 saturated carbocycles. The Hall–Kier alpha value is -2.50. The molecule has 1 aromatic heterocycles. The van der Waals surface area contributed by atoms with E-state index in [9.17, 15) is 18.4 Å². The van der Waals surface area contributed by atoms with Gasteiger partial charge in [0.25, 0.3) is 5.91 Å². The summed E-state index contributed by atoms with van der Waals surface area (Å²) < 4.78 is 26.2. The highest BCUT2D eigenvalue weighted by Gasteiger charge is 2.19. The number of amides is 1. The normalized spacial score (nSPS) is 10.7. The highest BCUT2D eigenvalue weighted by atomic mass is 19.1. The zero-order valence-corrected chi connectivity index (χ0v) is 13.2. The van der Waals surface area contributed by atoms with Crippen molar-refractivity contribution in [2.45, 2.75) is 27.2 Å². The number of halogens is 2. The van der Waals surface area contributed by atoms with Crippen molar-refractivity contribution < 1.29 is 18.4 Å². The number of aromatic nitrogens is 1. The molecule has 0 atom stereocenters. The SMILES string of the molecule is CC(=O)c1c(C)[nH]c(C(=O)NCCc2cc(F)cc(F)c2)c1C. The Balaban J connectivity index is 2.03. The van der Waals surface area contributed by atoms with E-state index in [0.717, 1.165) is 6.07 Å². The number of hydrogen-bond donors (Lipinski definition) is 2. The smallest absolute Gasteiger partial charge is 0.268 e. The van der Waals surface area contributed by atoms with Gasteiger partial charge in [-0.15, -0.1) is 0 Å². The van der Waals surface area contributed by atoms with Gasteiger partial charge in [0.2, 0.25) is 0 Å². The quantitative estimate of drug-likeness (QED) is 0.832. The summed E-state index contributed by atoms with van der Waals surface area (Å²) in [6, 6.07) is 3.26. The Kier molecular flexibility index (Phi) is 4.93. The van der Waals surface area contributed by atoms with E-state index in [1.807, 2.05) is 0 Å². The van der Waals surface area contributed by atoms with Crippen LogP contribution in [0.3, 0.4) is 0 Å². The lowest BCUT2D eigenvalue weighted by Crippen LogP contribution is -2.26. The van der Waals surface area contributed by atoms with Gasteiger partial charge in [-0.05, 0) is 50.5 Å². The summed E-state index contributed by atoms with van der Waals surface area (Å²) in [5.74, 6) is -1.75. The van der Waals surface area contributed by atoms with Crippen LogP contribution in [0.1, 0.15) is 44.6 Å². The molecule has 2 aromatic rings. The van der Waals surface area contributed by atoms with Gasteiger partial charge in [-0.3, -0.25) is 9.59 Å². The third kappa shape index (κ3) is 3.83. The number of aryl methyl sites for hydroxylation is 1. The fraction of sp³-hybridized carbons (Fsp3) is 0.294. The molecule has 4 nitrogen and oxygen atoms in total. The molecule has 6 heteroatoms. The number of hydrogen-bond acceptors (Lipinski definition) is 2. The minimum atomic E-state index is -0.645. The fourth-order valence-corrected chi connectivity index (χ4v) is 2.67. The van der Waals surface area contributed by atoms with Gasteiger partial charge in [-0.25, -0.2) is 8.78 Å². The fourth-order valence-electron chi connectivity index (χ4n) is 2.67. The molecule has 122 valence electrons. The topological polar surface area (TPSA) is 62.0 Å². The van der Waals surface area contributed by atoms with Crippen molar-refractivity contribution in [1.29, 1.82) is 0 Å². The van der Waals surface area contributed by atoms with Crippen molar-refractivity contribution in [3.63, 3.8) is 0 Å². The minimum absolute atomic E-state index is 0.106. The second kappa shape index (κ2) is 6.73. The molecule has 23 heavy (non-hydrogen) atoms. The van der Waals surface area contributed by atoms with Gasteiger partial charge >= 0.3 is 0 Å². The molecule has 0 aliphatic heterocycles. The highest BCUT2D eigenvalue weighted by molar-refractivity contribution is 6.02. The zero-order chi connectivity index (χ0) is 17.1. The van der Waals surface area contributed by atoms with Gasteiger partial charge in [0, 0.05) is 23.9 Å². The van der Waals surface area contributed by atoms with E-state index in [1.54, 1.807) is 13.8 Å². The summed E-state index contributed by atoms with van der Waals surface area (Å²) >= 11 is 0. The van der Waals surface area contributed by atoms with E-state index in [2.05, 4.69) is 10.3 Å². The third-order valence-corrected chi connectivity index (χ3v) is 3.64. The first-order valence-electron chi connectivity index (χ1n) is 7.23. The predicted octanol–water partition coefficient (Wildman–Crippen LogP) is 3.08. The average molecular weight is 320 g/mol. The van der Waals surface area contributed by atoms with Crippen LogP contribution in [0.15, 0.2) is 18.2 Å². The number of carbonyl (C=O) groups excluding carboxylic acids is 2. The molecule has 0 aliphatic rings. The van der Waals surface area contributed by atoms with Gasteiger partial charge < -0.3 is 10.3 Å². The number of carbonyl (C=O) groups is 2. The molecule has 0 fully saturated rings. The molecule has 0 bridgehead atoms. The van der Waals surface area contributed by atoms with Crippen LogP contribution in [0, 0.1) is 25.5 Å². The van der Waals surface area contributed by atoms with Crippen molar-refractivity contribution in [2.24, 2.45) is 0 Å². The number of aromatic amines is 1. The molecule has 1 heterocycles. The maximum Gasteiger partial charge on any atom is 0.268 e. The van der Waals surface area contributed by atoms with Crippen LogP contribution in [0.5, 0.6) is 0 Å².